The third-order valence-electron chi connectivity index (χ3n) is 5.44. The SMILES string of the molecule is O=C(N[C@H]1CCNC1)c1nc2nc(Nc3ccc(F)cc3)ncc2cc1-c1ccccc1Br. The Morgan fingerprint density at radius 3 is 2.67 bits per heavy atom. The summed E-state index contributed by atoms with van der Waals surface area (Å²) in [5.74, 6) is -0.265. The lowest BCUT2D eigenvalue weighted by Crippen LogP contribution is -2.37. The van der Waals surface area contributed by atoms with Gasteiger partial charge in [0.05, 0.1) is 0 Å². The van der Waals surface area contributed by atoms with E-state index in [4.69, 9.17) is 0 Å². The van der Waals surface area contributed by atoms with Crippen molar-refractivity contribution < 1.29 is 9.18 Å². The molecule has 2 aromatic heterocycles. The number of hydrogen-bond donors (Lipinski definition) is 3. The van der Waals surface area contributed by atoms with E-state index in [9.17, 15) is 9.18 Å². The summed E-state index contributed by atoms with van der Waals surface area (Å²) in [5, 5.41) is 10.1. The number of aromatic nitrogens is 3. The van der Waals surface area contributed by atoms with E-state index in [-0.39, 0.29) is 17.8 Å². The minimum atomic E-state index is -0.325. The third kappa shape index (κ3) is 4.69. The number of carbonyl (C=O) groups is 1. The summed E-state index contributed by atoms with van der Waals surface area (Å²) in [5.41, 5.74) is 2.89. The van der Waals surface area contributed by atoms with Crippen LogP contribution in [0, 0.1) is 5.82 Å². The van der Waals surface area contributed by atoms with Gasteiger partial charge in [0.1, 0.15) is 11.5 Å². The van der Waals surface area contributed by atoms with Crippen LogP contribution in [0.1, 0.15) is 16.9 Å². The molecule has 1 fully saturated rings. The van der Waals surface area contributed by atoms with Gasteiger partial charge < -0.3 is 16.0 Å². The standard InChI is InChI=1S/C24H20BrFN6O/c25-20-4-2-1-3-18(20)19-11-14-12-28-24(30-16-7-5-15(26)6-8-16)32-22(14)31-21(19)23(33)29-17-9-10-27-13-17/h1-8,11-12,17,27H,9-10,13H2,(H,29,33)(H,28,30,31,32)/t17-/m0/s1. The number of nitrogens with one attached hydrogen (secondary N) is 3. The topological polar surface area (TPSA) is 91.8 Å². The lowest BCUT2D eigenvalue weighted by atomic mass is 10.0. The van der Waals surface area contributed by atoms with Crippen molar-refractivity contribution in [3.8, 4) is 11.1 Å². The predicted molar refractivity (Wildman–Crippen MR) is 129 cm³/mol. The van der Waals surface area contributed by atoms with Gasteiger partial charge in [0.15, 0.2) is 5.65 Å². The number of rotatable bonds is 5. The molecule has 5 rings (SSSR count). The molecule has 3 heterocycles. The molecule has 0 bridgehead atoms. The van der Waals surface area contributed by atoms with Crippen LogP contribution < -0.4 is 16.0 Å². The second-order valence-corrected chi connectivity index (χ2v) is 8.62. The first-order valence-corrected chi connectivity index (χ1v) is 11.3. The number of amides is 1. The van der Waals surface area contributed by atoms with E-state index < -0.39 is 0 Å². The van der Waals surface area contributed by atoms with Gasteiger partial charge >= 0.3 is 0 Å². The van der Waals surface area contributed by atoms with Crippen molar-refractivity contribution in [3.05, 3.63) is 76.8 Å². The lowest BCUT2D eigenvalue weighted by Gasteiger charge is -2.15. The maximum atomic E-state index is 13.2. The van der Waals surface area contributed by atoms with Crippen molar-refractivity contribution in [3.63, 3.8) is 0 Å². The first-order valence-electron chi connectivity index (χ1n) is 10.5. The van der Waals surface area contributed by atoms with E-state index in [2.05, 4.69) is 46.8 Å². The number of nitrogens with zero attached hydrogens (tertiary/aromatic N) is 3. The fourth-order valence-electron chi connectivity index (χ4n) is 3.78. The number of pyridine rings is 1. The number of halogens is 2. The van der Waals surface area contributed by atoms with Crippen LogP contribution in [-0.2, 0) is 0 Å². The van der Waals surface area contributed by atoms with Crippen LogP contribution in [0.2, 0.25) is 0 Å². The second kappa shape index (κ2) is 9.21. The molecule has 0 unspecified atom stereocenters. The van der Waals surface area contributed by atoms with Crippen molar-refractivity contribution in [2.24, 2.45) is 0 Å². The molecule has 0 aliphatic carbocycles. The molecule has 4 aromatic rings. The van der Waals surface area contributed by atoms with Crippen LogP contribution in [0.25, 0.3) is 22.2 Å². The third-order valence-corrected chi connectivity index (χ3v) is 6.14. The first-order chi connectivity index (χ1) is 16.1. The van der Waals surface area contributed by atoms with Crippen molar-refractivity contribution in [2.45, 2.75) is 12.5 Å². The average molecular weight is 507 g/mol. The van der Waals surface area contributed by atoms with Crippen LogP contribution in [0.15, 0.2) is 65.3 Å². The number of hydrogen-bond acceptors (Lipinski definition) is 6. The average Bonchev–Trinajstić information content (AvgIpc) is 3.33. The minimum absolute atomic E-state index is 0.0585. The number of benzene rings is 2. The van der Waals surface area contributed by atoms with Gasteiger partial charge in [-0.2, -0.15) is 4.98 Å². The molecule has 1 aliphatic heterocycles. The highest BCUT2D eigenvalue weighted by Gasteiger charge is 2.23. The summed E-state index contributed by atoms with van der Waals surface area (Å²) in [6.45, 7) is 1.61. The normalized spacial score (nSPS) is 15.5. The molecule has 166 valence electrons. The van der Waals surface area contributed by atoms with Gasteiger partial charge in [-0.25, -0.2) is 14.4 Å². The molecule has 7 nitrogen and oxygen atoms in total. The largest absolute Gasteiger partial charge is 0.347 e. The Morgan fingerprint density at radius 1 is 1.09 bits per heavy atom. The Hall–Kier alpha value is -3.43. The van der Waals surface area contributed by atoms with Crippen LogP contribution in [0.3, 0.4) is 0 Å². The summed E-state index contributed by atoms with van der Waals surface area (Å²) >= 11 is 3.58. The summed E-state index contributed by atoms with van der Waals surface area (Å²) in [7, 11) is 0. The number of fused-ring (bicyclic) bond motifs is 1. The van der Waals surface area contributed by atoms with Gasteiger partial charge in [0.2, 0.25) is 5.95 Å². The van der Waals surface area contributed by atoms with Crippen molar-refractivity contribution in [1.29, 1.82) is 0 Å². The molecule has 1 aliphatic rings. The Bertz CT molecular complexity index is 1320. The zero-order valence-corrected chi connectivity index (χ0v) is 19.1. The quantitative estimate of drug-likeness (QED) is 0.370. The van der Waals surface area contributed by atoms with E-state index >= 15 is 0 Å². The molecule has 9 heteroatoms. The van der Waals surface area contributed by atoms with Crippen molar-refractivity contribution in [1.82, 2.24) is 25.6 Å². The Balaban J connectivity index is 1.56. The smallest absolute Gasteiger partial charge is 0.270 e. The molecular formula is C24H20BrFN6O. The van der Waals surface area contributed by atoms with E-state index in [1.54, 1.807) is 18.3 Å². The molecule has 2 aromatic carbocycles. The zero-order valence-electron chi connectivity index (χ0n) is 17.5. The zero-order chi connectivity index (χ0) is 22.8. The van der Waals surface area contributed by atoms with Crippen molar-refractivity contribution >= 4 is 44.5 Å². The number of anilines is 2. The molecule has 0 spiro atoms. The maximum Gasteiger partial charge on any atom is 0.270 e. The molecule has 0 radical (unpaired) electrons. The van der Waals surface area contributed by atoms with Crippen LogP contribution in [-0.4, -0.2) is 40.0 Å². The summed E-state index contributed by atoms with van der Waals surface area (Å²) in [4.78, 5) is 26.7. The molecule has 0 saturated carbocycles. The lowest BCUT2D eigenvalue weighted by molar-refractivity contribution is 0.0936. The van der Waals surface area contributed by atoms with E-state index in [0.29, 0.717) is 33.9 Å². The molecular weight excluding hydrogens is 487 g/mol. The number of carbonyl (C=O) groups excluding carboxylic acids is 1. The summed E-state index contributed by atoms with van der Waals surface area (Å²) < 4.78 is 14.1. The Morgan fingerprint density at radius 2 is 1.91 bits per heavy atom. The predicted octanol–water partition coefficient (Wildman–Crippen LogP) is 4.43. The van der Waals surface area contributed by atoms with Gasteiger partial charge in [0.25, 0.3) is 5.91 Å². The highest BCUT2D eigenvalue weighted by atomic mass is 79.9. The molecule has 1 atom stereocenters. The molecule has 1 saturated heterocycles. The summed E-state index contributed by atoms with van der Waals surface area (Å²) in [6, 6.07) is 15.5. The highest BCUT2D eigenvalue weighted by molar-refractivity contribution is 9.10. The fourth-order valence-corrected chi connectivity index (χ4v) is 4.27. The van der Waals surface area contributed by atoms with Crippen LogP contribution in [0.5, 0.6) is 0 Å². The first kappa shape index (κ1) is 21.4. The molecule has 1 amide bonds. The monoisotopic (exact) mass is 506 g/mol. The van der Waals surface area contributed by atoms with Crippen LogP contribution >= 0.6 is 15.9 Å². The second-order valence-electron chi connectivity index (χ2n) is 7.77. The maximum absolute atomic E-state index is 13.2. The van der Waals surface area contributed by atoms with Crippen molar-refractivity contribution in [2.75, 3.05) is 18.4 Å². The van der Waals surface area contributed by atoms with Gasteiger partial charge in [0, 0.05) is 39.9 Å². The minimum Gasteiger partial charge on any atom is -0.347 e. The van der Waals surface area contributed by atoms with E-state index in [1.807, 2.05) is 30.3 Å². The van der Waals surface area contributed by atoms with E-state index in [0.717, 1.165) is 29.5 Å². The highest BCUT2D eigenvalue weighted by Crippen LogP contribution is 2.32. The molecule has 3 N–H and O–H groups in total. The van der Waals surface area contributed by atoms with Gasteiger partial charge in [-0.3, -0.25) is 4.79 Å². The van der Waals surface area contributed by atoms with E-state index in [1.165, 1.54) is 12.1 Å². The van der Waals surface area contributed by atoms with Gasteiger partial charge in [-0.1, -0.05) is 34.1 Å². The van der Waals surface area contributed by atoms with Crippen LogP contribution in [0.4, 0.5) is 16.0 Å². The Kier molecular flexibility index (Phi) is 5.97. The fraction of sp³-hybridized carbons (Fsp3) is 0.167. The molecule has 33 heavy (non-hydrogen) atoms. The van der Waals surface area contributed by atoms with Gasteiger partial charge in [-0.15, -0.1) is 0 Å². The Labute approximate surface area is 198 Å². The summed E-state index contributed by atoms with van der Waals surface area (Å²) in [6.07, 6.45) is 2.53. The van der Waals surface area contributed by atoms with Gasteiger partial charge in [-0.05, 0) is 54.9 Å².